The van der Waals surface area contributed by atoms with Crippen LogP contribution in [0.5, 0.6) is 0 Å². The van der Waals surface area contributed by atoms with Gasteiger partial charge < -0.3 is 14.2 Å². The molecule has 0 bridgehead atoms. The highest BCUT2D eigenvalue weighted by molar-refractivity contribution is 5.70. The number of hydrogen-bond donors (Lipinski definition) is 0. The lowest BCUT2D eigenvalue weighted by Gasteiger charge is -2.18. The summed E-state index contributed by atoms with van der Waals surface area (Å²) in [6, 6.07) is 0. The van der Waals surface area contributed by atoms with Gasteiger partial charge in [0.25, 0.3) is 0 Å². The highest BCUT2D eigenvalue weighted by atomic mass is 16.6. The molecule has 5 nitrogen and oxygen atoms in total. The molecule has 0 aliphatic carbocycles. The second-order valence-corrected chi connectivity index (χ2v) is 20.2. The predicted molar refractivity (Wildman–Crippen MR) is 316 cm³/mol. The van der Waals surface area contributed by atoms with Gasteiger partial charge in [-0.05, 0) is 122 Å². The number of unbranched alkanes of at least 4 members (excludes halogenated alkanes) is 29. The van der Waals surface area contributed by atoms with Crippen LogP contribution in [0.2, 0.25) is 0 Å². The minimum Gasteiger partial charge on any atom is -0.462 e. The van der Waals surface area contributed by atoms with E-state index in [1.54, 1.807) is 0 Å². The summed E-state index contributed by atoms with van der Waals surface area (Å²) < 4.78 is 17.5. The molecule has 0 aromatic rings. The molecule has 0 saturated carbocycles. The molecule has 1 atom stereocenters. The lowest BCUT2D eigenvalue weighted by molar-refractivity contribution is -0.163. The van der Waals surface area contributed by atoms with Crippen molar-refractivity contribution in [3.8, 4) is 0 Å². The SMILES string of the molecule is CC/C=C\C/C=C\C/C=C\C/C=C\C/C=C\CCCCOCC(COC(=O)CCCCCCCCCCC/C=C\C/C=C\CCCCC)OC(=O)CCCCCCCCCCC/C=C\CCCCCCCC. The number of carbonyl (C=O) groups excluding carboxylic acids is 2. The van der Waals surface area contributed by atoms with Crippen LogP contribution in [-0.2, 0) is 23.8 Å². The molecule has 0 aliphatic heterocycles. The highest BCUT2D eigenvalue weighted by Crippen LogP contribution is 2.15. The Morgan fingerprint density at radius 3 is 1.04 bits per heavy atom. The van der Waals surface area contributed by atoms with Crippen LogP contribution in [0.25, 0.3) is 0 Å². The van der Waals surface area contributed by atoms with Crippen molar-refractivity contribution in [2.45, 2.75) is 297 Å². The molecule has 1 unspecified atom stereocenters. The van der Waals surface area contributed by atoms with Crippen molar-refractivity contribution in [1.29, 1.82) is 0 Å². The van der Waals surface area contributed by atoms with Gasteiger partial charge in [0, 0.05) is 19.4 Å². The average molecular weight is 1000 g/mol. The van der Waals surface area contributed by atoms with Gasteiger partial charge in [-0.15, -0.1) is 0 Å². The van der Waals surface area contributed by atoms with E-state index in [0.29, 0.717) is 19.4 Å². The van der Waals surface area contributed by atoms with Crippen molar-refractivity contribution < 1.29 is 23.8 Å². The lowest BCUT2D eigenvalue weighted by Crippen LogP contribution is -2.30. The number of ether oxygens (including phenoxy) is 3. The van der Waals surface area contributed by atoms with Crippen molar-refractivity contribution >= 4 is 11.9 Å². The van der Waals surface area contributed by atoms with Gasteiger partial charge in [0.2, 0.25) is 0 Å². The molecule has 0 N–H and O–H groups in total. The molecule has 0 rings (SSSR count). The van der Waals surface area contributed by atoms with E-state index >= 15 is 0 Å². The van der Waals surface area contributed by atoms with Gasteiger partial charge in [-0.2, -0.15) is 0 Å². The van der Waals surface area contributed by atoms with Crippen LogP contribution in [0, 0.1) is 0 Å². The summed E-state index contributed by atoms with van der Waals surface area (Å²) in [5, 5.41) is 0. The van der Waals surface area contributed by atoms with Crippen molar-refractivity contribution in [3.63, 3.8) is 0 Å². The van der Waals surface area contributed by atoms with Gasteiger partial charge in [-0.25, -0.2) is 0 Å². The van der Waals surface area contributed by atoms with Crippen LogP contribution in [0.3, 0.4) is 0 Å². The summed E-state index contributed by atoms with van der Waals surface area (Å²) in [4.78, 5) is 25.6. The molecule has 0 aromatic heterocycles. The Morgan fingerprint density at radius 1 is 0.319 bits per heavy atom. The van der Waals surface area contributed by atoms with E-state index in [4.69, 9.17) is 14.2 Å². The van der Waals surface area contributed by atoms with Gasteiger partial charge >= 0.3 is 11.9 Å². The molecule has 0 radical (unpaired) electrons. The fraction of sp³-hybridized carbons (Fsp3) is 0.731. The Bertz CT molecular complexity index is 1360. The van der Waals surface area contributed by atoms with Gasteiger partial charge in [-0.1, -0.05) is 253 Å². The molecule has 0 saturated heterocycles. The first-order chi connectivity index (χ1) is 35.6. The first kappa shape index (κ1) is 68.8. The molecule has 414 valence electrons. The summed E-state index contributed by atoms with van der Waals surface area (Å²) in [6.45, 7) is 7.61. The number of esters is 2. The van der Waals surface area contributed by atoms with Crippen molar-refractivity contribution in [2.24, 2.45) is 0 Å². The zero-order chi connectivity index (χ0) is 52.0. The fourth-order valence-corrected chi connectivity index (χ4v) is 8.50. The molecular weight excluding hydrogens is 885 g/mol. The van der Waals surface area contributed by atoms with Gasteiger partial charge in [0.05, 0.1) is 6.61 Å². The summed E-state index contributed by atoms with van der Waals surface area (Å²) in [7, 11) is 0. The molecule has 72 heavy (non-hydrogen) atoms. The Kier molecular flexibility index (Phi) is 59.4. The van der Waals surface area contributed by atoms with Crippen LogP contribution >= 0.6 is 0 Å². The maximum atomic E-state index is 12.9. The highest BCUT2D eigenvalue weighted by Gasteiger charge is 2.17. The Balaban J connectivity index is 4.36. The molecule has 0 aromatic carbocycles. The summed E-state index contributed by atoms with van der Waals surface area (Å²) in [6.07, 6.45) is 84.4. The zero-order valence-electron chi connectivity index (χ0n) is 47.7. The standard InChI is InChI=1S/C67H116O5/c1-4-7-10-13-16-19-22-25-28-31-34-36-39-42-45-48-51-54-57-60-66(68)71-64-65(63-70-62-59-56-53-50-47-44-41-38-33-30-27-24-21-18-15-12-9-6-3)72-67(69)61-58-55-52-49-46-43-40-37-35-32-29-26-23-20-17-14-11-8-5-2/h9,12,16,18-19,21,25-30,38,41,47,50,65H,4-8,10-11,13-15,17,20,22-24,31-37,39-40,42-46,48-49,51-64H2,1-3H3/b12-9-,19-16-,21-18-,28-25-,29-26-,30-27-,41-38-,50-47-. The van der Waals surface area contributed by atoms with E-state index in [-0.39, 0.29) is 25.2 Å². The van der Waals surface area contributed by atoms with Crippen LogP contribution in [-0.4, -0.2) is 37.9 Å². The second kappa shape index (κ2) is 62.1. The van der Waals surface area contributed by atoms with Crippen molar-refractivity contribution in [2.75, 3.05) is 19.8 Å². The average Bonchev–Trinajstić information content (AvgIpc) is 3.38. The maximum absolute atomic E-state index is 12.9. The largest absolute Gasteiger partial charge is 0.462 e. The van der Waals surface area contributed by atoms with E-state index in [0.717, 1.165) is 96.3 Å². The number of carbonyl (C=O) groups is 2. The Morgan fingerprint density at radius 2 is 0.625 bits per heavy atom. The maximum Gasteiger partial charge on any atom is 0.306 e. The van der Waals surface area contributed by atoms with Crippen LogP contribution in [0.1, 0.15) is 290 Å². The molecule has 5 heteroatoms. The minimum atomic E-state index is -0.568. The third-order valence-electron chi connectivity index (χ3n) is 13.1. The number of rotatable bonds is 56. The Hall–Kier alpha value is -3.18. The summed E-state index contributed by atoms with van der Waals surface area (Å²) >= 11 is 0. The topological polar surface area (TPSA) is 61.8 Å². The summed E-state index contributed by atoms with van der Waals surface area (Å²) in [5.74, 6) is -0.423. The summed E-state index contributed by atoms with van der Waals surface area (Å²) in [5.41, 5.74) is 0. The smallest absolute Gasteiger partial charge is 0.306 e. The quantitative estimate of drug-likeness (QED) is 0.0345. The van der Waals surface area contributed by atoms with Crippen molar-refractivity contribution in [1.82, 2.24) is 0 Å². The zero-order valence-corrected chi connectivity index (χ0v) is 47.7. The lowest BCUT2D eigenvalue weighted by atomic mass is 10.1. The molecule has 0 heterocycles. The predicted octanol–water partition coefficient (Wildman–Crippen LogP) is 21.4. The minimum absolute atomic E-state index is 0.0616. The van der Waals surface area contributed by atoms with Crippen LogP contribution in [0.15, 0.2) is 97.2 Å². The molecule has 0 fully saturated rings. The third kappa shape index (κ3) is 59.4. The van der Waals surface area contributed by atoms with Gasteiger partial charge in [0.1, 0.15) is 6.61 Å². The van der Waals surface area contributed by atoms with E-state index < -0.39 is 6.10 Å². The van der Waals surface area contributed by atoms with E-state index in [1.807, 2.05) is 0 Å². The van der Waals surface area contributed by atoms with Crippen molar-refractivity contribution in [3.05, 3.63) is 97.2 Å². The normalized spacial score (nSPS) is 12.9. The first-order valence-electron chi connectivity index (χ1n) is 30.8. The number of hydrogen-bond acceptors (Lipinski definition) is 5. The molecular formula is C67H116O5. The van der Waals surface area contributed by atoms with Crippen LogP contribution < -0.4 is 0 Å². The van der Waals surface area contributed by atoms with E-state index in [2.05, 4.69) is 118 Å². The van der Waals surface area contributed by atoms with E-state index in [1.165, 1.54) is 161 Å². The molecule has 0 amide bonds. The monoisotopic (exact) mass is 1000 g/mol. The first-order valence-corrected chi connectivity index (χ1v) is 30.8. The molecule has 0 spiro atoms. The molecule has 0 aliphatic rings. The third-order valence-corrected chi connectivity index (χ3v) is 13.1. The van der Waals surface area contributed by atoms with Crippen LogP contribution in [0.4, 0.5) is 0 Å². The fourth-order valence-electron chi connectivity index (χ4n) is 8.50. The Labute approximate surface area is 447 Å². The van der Waals surface area contributed by atoms with E-state index in [9.17, 15) is 9.59 Å². The van der Waals surface area contributed by atoms with Gasteiger partial charge in [-0.3, -0.25) is 9.59 Å². The van der Waals surface area contributed by atoms with Gasteiger partial charge in [0.15, 0.2) is 6.10 Å². The second-order valence-electron chi connectivity index (χ2n) is 20.2. The number of allylic oxidation sites excluding steroid dienone is 16.